The fourth-order valence-electron chi connectivity index (χ4n) is 2.31. The molecule has 0 bridgehead atoms. The smallest absolute Gasteiger partial charge is 0.0314 e. The summed E-state index contributed by atoms with van der Waals surface area (Å²) in [7, 11) is 0. The maximum absolute atomic E-state index is 5.70. The van der Waals surface area contributed by atoms with Crippen molar-refractivity contribution in [1.82, 2.24) is 0 Å². The van der Waals surface area contributed by atoms with Crippen molar-refractivity contribution in [3.63, 3.8) is 0 Å². The summed E-state index contributed by atoms with van der Waals surface area (Å²) in [4.78, 5) is 0. The molecule has 0 radical (unpaired) electrons. The van der Waals surface area contributed by atoms with E-state index in [1.165, 1.54) is 25.0 Å². The van der Waals surface area contributed by atoms with Gasteiger partial charge in [-0.1, -0.05) is 24.3 Å². The van der Waals surface area contributed by atoms with Gasteiger partial charge in [0.05, 0.1) is 0 Å². The second-order valence-electron chi connectivity index (χ2n) is 4.05. The molecule has 82 valence electrons. The van der Waals surface area contributed by atoms with Gasteiger partial charge in [-0.05, 0) is 36.3 Å². The van der Waals surface area contributed by atoms with Gasteiger partial charge in [0.15, 0.2) is 0 Å². The van der Waals surface area contributed by atoms with E-state index in [9.17, 15) is 0 Å². The molecule has 15 heavy (non-hydrogen) atoms. The van der Waals surface area contributed by atoms with Gasteiger partial charge in [0.1, 0.15) is 0 Å². The molecule has 0 nitrogen and oxygen atoms in total. The first kappa shape index (κ1) is 11.3. The third kappa shape index (κ3) is 2.92. The molecule has 0 heterocycles. The van der Waals surface area contributed by atoms with Crippen LogP contribution in [0.25, 0.3) is 0 Å². The zero-order valence-electron chi connectivity index (χ0n) is 8.92. The van der Waals surface area contributed by atoms with Crippen molar-refractivity contribution in [3.05, 3.63) is 35.4 Å². The molecule has 0 saturated heterocycles. The lowest BCUT2D eigenvalue weighted by molar-refractivity contribution is 0.596. The van der Waals surface area contributed by atoms with E-state index in [1.54, 1.807) is 11.1 Å². The minimum absolute atomic E-state index is 0.767. The average molecular weight is 241 g/mol. The highest BCUT2D eigenvalue weighted by molar-refractivity contribution is 7.99. The number of alkyl halides is 1. The van der Waals surface area contributed by atoms with Crippen molar-refractivity contribution in [2.75, 3.05) is 17.4 Å². The molecule has 0 fully saturated rings. The number of rotatable bonds is 4. The van der Waals surface area contributed by atoms with Crippen LogP contribution in [0.2, 0.25) is 0 Å². The van der Waals surface area contributed by atoms with Crippen molar-refractivity contribution >= 4 is 23.4 Å². The summed E-state index contributed by atoms with van der Waals surface area (Å²) in [6, 6.07) is 8.92. The van der Waals surface area contributed by atoms with E-state index >= 15 is 0 Å². The second kappa shape index (κ2) is 5.81. The number of hydrogen-bond acceptors (Lipinski definition) is 1. The van der Waals surface area contributed by atoms with E-state index in [4.69, 9.17) is 11.6 Å². The van der Waals surface area contributed by atoms with E-state index in [2.05, 4.69) is 24.3 Å². The van der Waals surface area contributed by atoms with E-state index in [0.717, 1.165) is 17.6 Å². The molecule has 1 atom stereocenters. The van der Waals surface area contributed by atoms with Crippen LogP contribution in [-0.2, 0) is 6.42 Å². The highest BCUT2D eigenvalue weighted by Gasteiger charge is 2.19. The van der Waals surface area contributed by atoms with Crippen molar-refractivity contribution in [2.24, 2.45) is 0 Å². The number of benzene rings is 1. The lowest BCUT2D eigenvalue weighted by Gasteiger charge is -2.25. The standard InChI is InChI=1S/C13H17ClS/c14-8-9-15-10-12-6-3-5-11-4-1-2-7-13(11)12/h1-2,4,7,12H,3,5-6,8-10H2. The lowest BCUT2D eigenvalue weighted by atomic mass is 9.84. The number of thioether (sulfide) groups is 1. The third-order valence-corrected chi connectivity index (χ3v) is 4.58. The number of hydrogen-bond donors (Lipinski definition) is 0. The fourth-order valence-corrected chi connectivity index (χ4v) is 3.54. The Hall–Kier alpha value is -0.140. The average Bonchev–Trinajstić information content (AvgIpc) is 2.30. The first-order valence-corrected chi connectivity index (χ1v) is 7.32. The van der Waals surface area contributed by atoms with Gasteiger partial charge < -0.3 is 0 Å². The monoisotopic (exact) mass is 240 g/mol. The predicted molar refractivity (Wildman–Crippen MR) is 70.2 cm³/mol. The van der Waals surface area contributed by atoms with Gasteiger partial charge in [-0.3, -0.25) is 0 Å². The Balaban J connectivity index is 2.02. The molecule has 2 heteroatoms. The summed E-state index contributed by atoms with van der Waals surface area (Å²) in [5.41, 5.74) is 3.16. The summed E-state index contributed by atoms with van der Waals surface area (Å²) < 4.78 is 0. The maximum atomic E-state index is 5.70. The van der Waals surface area contributed by atoms with E-state index in [1.807, 2.05) is 11.8 Å². The fraction of sp³-hybridized carbons (Fsp3) is 0.538. The highest BCUT2D eigenvalue weighted by Crippen LogP contribution is 2.33. The normalized spacial score (nSPS) is 19.9. The molecule has 0 spiro atoms. The van der Waals surface area contributed by atoms with Crippen LogP contribution in [0.4, 0.5) is 0 Å². The Morgan fingerprint density at radius 2 is 2.20 bits per heavy atom. The summed E-state index contributed by atoms with van der Waals surface area (Å²) in [5, 5.41) is 0. The van der Waals surface area contributed by atoms with Crippen LogP contribution in [0, 0.1) is 0 Å². The van der Waals surface area contributed by atoms with Gasteiger partial charge in [0.25, 0.3) is 0 Å². The van der Waals surface area contributed by atoms with Crippen molar-refractivity contribution in [2.45, 2.75) is 25.2 Å². The summed E-state index contributed by atoms with van der Waals surface area (Å²) in [6.45, 7) is 0. The van der Waals surface area contributed by atoms with Gasteiger partial charge in [-0.2, -0.15) is 11.8 Å². The van der Waals surface area contributed by atoms with Crippen molar-refractivity contribution < 1.29 is 0 Å². The lowest BCUT2D eigenvalue weighted by Crippen LogP contribution is -2.11. The number of fused-ring (bicyclic) bond motifs is 1. The van der Waals surface area contributed by atoms with Crippen LogP contribution >= 0.6 is 23.4 Å². The molecular weight excluding hydrogens is 224 g/mol. The Morgan fingerprint density at radius 3 is 3.07 bits per heavy atom. The Morgan fingerprint density at radius 1 is 1.33 bits per heavy atom. The largest absolute Gasteiger partial charge is 0.160 e. The highest BCUT2D eigenvalue weighted by atomic mass is 35.5. The molecule has 0 saturated carbocycles. The Bertz CT molecular complexity index is 311. The molecule has 0 N–H and O–H groups in total. The molecule has 1 unspecified atom stereocenters. The zero-order chi connectivity index (χ0) is 10.5. The van der Waals surface area contributed by atoms with Crippen LogP contribution in [0.1, 0.15) is 29.9 Å². The van der Waals surface area contributed by atoms with Gasteiger partial charge in [0.2, 0.25) is 0 Å². The Labute approximate surface area is 101 Å². The number of halogens is 1. The van der Waals surface area contributed by atoms with Crippen LogP contribution in [0.3, 0.4) is 0 Å². The second-order valence-corrected chi connectivity index (χ2v) is 5.58. The van der Waals surface area contributed by atoms with Crippen LogP contribution < -0.4 is 0 Å². The topological polar surface area (TPSA) is 0 Å². The maximum Gasteiger partial charge on any atom is 0.0314 e. The number of aryl methyl sites for hydroxylation is 1. The molecule has 2 rings (SSSR count). The van der Waals surface area contributed by atoms with Crippen LogP contribution in [-0.4, -0.2) is 17.4 Å². The van der Waals surface area contributed by atoms with Crippen LogP contribution in [0.5, 0.6) is 0 Å². The summed E-state index contributed by atoms with van der Waals surface area (Å²) in [6.07, 6.45) is 3.97. The van der Waals surface area contributed by atoms with E-state index in [0.29, 0.717) is 0 Å². The van der Waals surface area contributed by atoms with Gasteiger partial charge in [0, 0.05) is 17.4 Å². The van der Waals surface area contributed by atoms with E-state index < -0.39 is 0 Å². The molecule has 1 aliphatic carbocycles. The SMILES string of the molecule is ClCCSCC1CCCc2ccccc21. The van der Waals surface area contributed by atoms with Gasteiger partial charge in [-0.15, -0.1) is 11.6 Å². The van der Waals surface area contributed by atoms with Gasteiger partial charge in [-0.25, -0.2) is 0 Å². The van der Waals surface area contributed by atoms with Crippen LogP contribution in [0.15, 0.2) is 24.3 Å². The zero-order valence-corrected chi connectivity index (χ0v) is 10.5. The third-order valence-electron chi connectivity index (χ3n) is 3.03. The molecule has 1 aromatic rings. The van der Waals surface area contributed by atoms with E-state index in [-0.39, 0.29) is 0 Å². The molecule has 0 aliphatic heterocycles. The van der Waals surface area contributed by atoms with Crippen molar-refractivity contribution in [1.29, 1.82) is 0 Å². The first-order valence-electron chi connectivity index (χ1n) is 5.63. The molecule has 1 aromatic carbocycles. The summed E-state index contributed by atoms with van der Waals surface area (Å²) >= 11 is 7.69. The minimum Gasteiger partial charge on any atom is -0.160 e. The molecule has 0 aromatic heterocycles. The van der Waals surface area contributed by atoms with Crippen molar-refractivity contribution in [3.8, 4) is 0 Å². The first-order chi connectivity index (χ1) is 7.42. The minimum atomic E-state index is 0.767. The molecule has 0 amide bonds. The Kier molecular flexibility index (Phi) is 4.40. The predicted octanol–water partition coefficient (Wildman–Crippen LogP) is 4.08. The van der Waals surface area contributed by atoms with Gasteiger partial charge >= 0.3 is 0 Å². The molecular formula is C13H17ClS. The molecule has 1 aliphatic rings. The summed E-state index contributed by atoms with van der Waals surface area (Å²) in [5.74, 6) is 3.87. The quantitative estimate of drug-likeness (QED) is 0.565.